The van der Waals surface area contributed by atoms with E-state index in [4.69, 9.17) is 4.74 Å². The van der Waals surface area contributed by atoms with Crippen molar-refractivity contribution in [2.45, 2.75) is 38.7 Å². The highest BCUT2D eigenvalue weighted by Crippen LogP contribution is 2.19. The van der Waals surface area contributed by atoms with E-state index in [0.29, 0.717) is 17.5 Å². The molecule has 0 saturated heterocycles. The second-order valence-electron chi connectivity index (χ2n) is 6.32. The molecule has 25 heavy (non-hydrogen) atoms. The molecular formula is C17H24N4O3S. The molecule has 0 spiro atoms. The number of ether oxygens (including phenoxy) is 1. The lowest BCUT2D eigenvalue weighted by molar-refractivity contribution is 0.242. The molecule has 0 bridgehead atoms. The van der Waals surface area contributed by atoms with Crippen LogP contribution in [-0.2, 0) is 10.0 Å². The number of nitrogens with one attached hydrogen (secondary N) is 2. The van der Waals surface area contributed by atoms with Crippen molar-refractivity contribution in [3.63, 3.8) is 0 Å². The summed E-state index contributed by atoms with van der Waals surface area (Å²) in [5, 5.41) is 11.0. The molecule has 1 heterocycles. The number of hydrogen-bond donors (Lipinski definition) is 2. The molecule has 0 saturated carbocycles. The number of sulfonamides is 1. The zero-order chi connectivity index (χ0) is 18.4. The van der Waals surface area contributed by atoms with E-state index in [2.05, 4.69) is 34.1 Å². The molecule has 8 heteroatoms. The Hall–Kier alpha value is -2.35. The standard InChI is InChI=1S/C17H24N4O3S/c1-12(2)11-18-16-9-10-17(20-19-16)21-25(22,23)15-7-5-14(6-8-15)24-13(3)4/h5-10,12-13H,11H2,1-4H3,(H,18,19)(H,20,21). The zero-order valence-corrected chi connectivity index (χ0v) is 15.7. The van der Waals surface area contributed by atoms with Crippen molar-refractivity contribution in [1.82, 2.24) is 10.2 Å². The molecule has 136 valence electrons. The van der Waals surface area contributed by atoms with Crippen LogP contribution in [0.4, 0.5) is 11.6 Å². The van der Waals surface area contributed by atoms with Crippen molar-refractivity contribution in [1.29, 1.82) is 0 Å². The smallest absolute Gasteiger partial charge is 0.263 e. The Kier molecular flexibility index (Phi) is 6.19. The molecule has 2 rings (SSSR count). The van der Waals surface area contributed by atoms with E-state index in [9.17, 15) is 8.42 Å². The van der Waals surface area contributed by atoms with Gasteiger partial charge < -0.3 is 10.1 Å². The average molecular weight is 364 g/mol. The maximum atomic E-state index is 12.4. The van der Waals surface area contributed by atoms with Crippen LogP contribution in [0, 0.1) is 5.92 Å². The second-order valence-corrected chi connectivity index (χ2v) is 8.00. The lowest BCUT2D eigenvalue weighted by Gasteiger charge is -2.11. The van der Waals surface area contributed by atoms with Crippen LogP contribution >= 0.6 is 0 Å². The predicted octanol–water partition coefficient (Wildman–Crippen LogP) is 3.13. The van der Waals surface area contributed by atoms with Crippen LogP contribution in [0.15, 0.2) is 41.3 Å². The molecule has 0 unspecified atom stereocenters. The highest BCUT2D eigenvalue weighted by Gasteiger charge is 2.15. The second kappa shape index (κ2) is 8.15. The van der Waals surface area contributed by atoms with E-state index in [1.165, 1.54) is 12.1 Å². The molecule has 0 radical (unpaired) electrons. The fourth-order valence-corrected chi connectivity index (χ4v) is 2.95. The minimum atomic E-state index is -3.73. The summed E-state index contributed by atoms with van der Waals surface area (Å²) in [5.74, 6) is 1.86. The minimum Gasteiger partial charge on any atom is -0.491 e. The van der Waals surface area contributed by atoms with Crippen LogP contribution < -0.4 is 14.8 Å². The monoisotopic (exact) mass is 364 g/mol. The molecule has 7 nitrogen and oxygen atoms in total. The average Bonchev–Trinajstić information content (AvgIpc) is 2.54. The van der Waals surface area contributed by atoms with E-state index in [1.54, 1.807) is 24.3 Å². The number of benzene rings is 1. The van der Waals surface area contributed by atoms with E-state index in [1.807, 2.05) is 13.8 Å². The topological polar surface area (TPSA) is 93.2 Å². The van der Waals surface area contributed by atoms with Crippen LogP contribution in [0.1, 0.15) is 27.7 Å². The summed E-state index contributed by atoms with van der Waals surface area (Å²) in [6.07, 6.45) is 0.0266. The number of nitrogens with zero attached hydrogens (tertiary/aromatic N) is 2. The third kappa shape index (κ3) is 5.90. The molecular weight excluding hydrogens is 340 g/mol. The fourth-order valence-electron chi connectivity index (χ4n) is 1.96. The molecule has 0 amide bonds. The van der Waals surface area contributed by atoms with Crippen molar-refractivity contribution in [3.05, 3.63) is 36.4 Å². The molecule has 1 aromatic carbocycles. The first-order valence-electron chi connectivity index (χ1n) is 8.13. The summed E-state index contributed by atoms with van der Waals surface area (Å²) in [6, 6.07) is 9.49. The van der Waals surface area contributed by atoms with Gasteiger partial charge in [-0.3, -0.25) is 4.72 Å². The number of rotatable bonds is 8. The maximum absolute atomic E-state index is 12.4. The number of aromatic nitrogens is 2. The van der Waals surface area contributed by atoms with E-state index < -0.39 is 10.0 Å². The van der Waals surface area contributed by atoms with Crippen molar-refractivity contribution in [2.24, 2.45) is 5.92 Å². The first kappa shape index (κ1) is 19.0. The van der Waals surface area contributed by atoms with Crippen LogP contribution in [0.2, 0.25) is 0 Å². The Balaban J connectivity index is 2.05. The summed E-state index contributed by atoms with van der Waals surface area (Å²) in [7, 11) is -3.73. The van der Waals surface area contributed by atoms with Crippen molar-refractivity contribution >= 4 is 21.7 Å². The van der Waals surface area contributed by atoms with Crippen LogP contribution in [0.25, 0.3) is 0 Å². The van der Waals surface area contributed by atoms with Gasteiger partial charge in [-0.1, -0.05) is 13.8 Å². The van der Waals surface area contributed by atoms with E-state index in [0.717, 1.165) is 6.54 Å². The van der Waals surface area contributed by atoms with Gasteiger partial charge in [-0.05, 0) is 56.2 Å². The largest absolute Gasteiger partial charge is 0.491 e. The molecule has 1 aromatic heterocycles. The highest BCUT2D eigenvalue weighted by molar-refractivity contribution is 7.92. The van der Waals surface area contributed by atoms with Crippen LogP contribution in [0.3, 0.4) is 0 Å². The van der Waals surface area contributed by atoms with Crippen molar-refractivity contribution in [3.8, 4) is 5.75 Å². The van der Waals surface area contributed by atoms with Gasteiger partial charge in [0.15, 0.2) is 5.82 Å². The van der Waals surface area contributed by atoms with Crippen molar-refractivity contribution in [2.75, 3.05) is 16.6 Å². The number of anilines is 2. The van der Waals surface area contributed by atoms with Gasteiger partial charge in [0, 0.05) is 6.54 Å². The van der Waals surface area contributed by atoms with Gasteiger partial charge in [-0.2, -0.15) is 0 Å². The van der Waals surface area contributed by atoms with Gasteiger partial charge in [0.25, 0.3) is 10.0 Å². The Morgan fingerprint density at radius 3 is 2.08 bits per heavy atom. The minimum absolute atomic E-state index is 0.0266. The summed E-state index contributed by atoms with van der Waals surface area (Å²) >= 11 is 0. The van der Waals surface area contributed by atoms with Gasteiger partial charge in [0.05, 0.1) is 11.0 Å². The molecule has 2 N–H and O–H groups in total. The first-order valence-corrected chi connectivity index (χ1v) is 9.62. The summed E-state index contributed by atoms with van der Waals surface area (Å²) < 4.78 is 32.7. The van der Waals surface area contributed by atoms with E-state index >= 15 is 0 Å². The third-order valence-corrected chi connectivity index (χ3v) is 4.47. The zero-order valence-electron chi connectivity index (χ0n) is 14.9. The van der Waals surface area contributed by atoms with Crippen molar-refractivity contribution < 1.29 is 13.2 Å². The summed E-state index contributed by atoms with van der Waals surface area (Å²) in [4.78, 5) is 0.132. The first-order chi connectivity index (χ1) is 11.8. The molecule has 0 aliphatic heterocycles. The lowest BCUT2D eigenvalue weighted by Crippen LogP contribution is -2.15. The maximum Gasteiger partial charge on any atom is 0.263 e. The Bertz CT molecular complexity index is 773. The Morgan fingerprint density at radius 1 is 0.960 bits per heavy atom. The van der Waals surface area contributed by atoms with E-state index in [-0.39, 0.29) is 16.8 Å². The summed E-state index contributed by atoms with van der Waals surface area (Å²) in [5.41, 5.74) is 0. The lowest BCUT2D eigenvalue weighted by atomic mass is 10.2. The molecule has 0 fully saturated rings. The SMILES string of the molecule is CC(C)CNc1ccc(NS(=O)(=O)c2ccc(OC(C)C)cc2)nn1. The van der Waals surface area contributed by atoms with Crippen LogP contribution in [0.5, 0.6) is 5.75 Å². The third-order valence-electron chi connectivity index (χ3n) is 3.10. The normalized spacial score (nSPS) is 11.6. The molecule has 2 aromatic rings. The molecule has 0 aliphatic rings. The van der Waals surface area contributed by atoms with Crippen LogP contribution in [-0.4, -0.2) is 31.3 Å². The quantitative estimate of drug-likeness (QED) is 0.747. The van der Waals surface area contributed by atoms with Gasteiger partial charge in [-0.15, -0.1) is 10.2 Å². The Morgan fingerprint density at radius 2 is 1.56 bits per heavy atom. The predicted molar refractivity (Wildman–Crippen MR) is 98.4 cm³/mol. The number of hydrogen-bond acceptors (Lipinski definition) is 6. The van der Waals surface area contributed by atoms with Gasteiger partial charge in [0.1, 0.15) is 11.6 Å². The Labute approximate surface area is 148 Å². The highest BCUT2D eigenvalue weighted by atomic mass is 32.2. The van der Waals surface area contributed by atoms with Gasteiger partial charge >= 0.3 is 0 Å². The van der Waals surface area contributed by atoms with Gasteiger partial charge in [0.2, 0.25) is 0 Å². The fraction of sp³-hybridized carbons (Fsp3) is 0.412. The summed E-state index contributed by atoms with van der Waals surface area (Å²) in [6.45, 7) is 8.75. The molecule has 0 atom stereocenters. The van der Waals surface area contributed by atoms with Gasteiger partial charge in [-0.25, -0.2) is 8.42 Å². The molecule has 0 aliphatic carbocycles.